The highest BCUT2D eigenvalue weighted by atomic mass is 16.5. The van der Waals surface area contributed by atoms with Crippen LogP contribution in [0.3, 0.4) is 0 Å². The van der Waals surface area contributed by atoms with Crippen LogP contribution in [0, 0.1) is 0 Å². The third-order valence-electron chi connectivity index (χ3n) is 4.41. The molecule has 0 amide bonds. The van der Waals surface area contributed by atoms with E-state index in [0.717, 1.165) is 64.1 Å². The minimum Gasteiger partial charge on any atom is -0.378 e. The van der Waals surface area contributed by atoms with E-state index in [1.54, 1.807) is 6.20 Å². The third-order valence-corrected chi connectivity index (χ3v) is 4.41. The molecule has 0 bridgehead atoms. The average molecular weight is 327 g/mol. The number of piperazine rings is 1. The number of aromatic nitrogens is 4. The number of morpholine rings is 1. The van der Waals surface area contributed by atoms with Crippen LogP contribution in [0.1, 0.15) is 0 Å². The van der Waals surface area contributed by atoms with Gasteiger partial charge in [-0.25, -0.2) is 4.98 Å². The zero-order valence-electron chi connectivity index (χ0n) is 13.6. The Bertz CT molecular complexity index is 654. The van der Waals surface area contributed by atoms with Crippen molar-refractivity contribution in [1.82, 2.24) is 20.2 Å². The summed E-state index contributed by atoms with van der Waals surface area (Å²) in [6, 6.07) is 6.02. The first-order valence-electron chi connectivity index (χ1n) is 8.33. The summed E-state index contributed by atoms with van der Waals surface area (Å²) in [5.41, 5.74) is 0. The number of anilines is 3. The minimum atomic E-state index is 0.697. The maximum atomic E-state index is 5.38. The van der Waals surface area contributed by atoms with E-state index in [1.165, 1.54) is 0 Å². The fourth-order valence-electron chi connectivity index (χ4n) is 3.04. The zero-order valence-corrected chi connectivity index (χ0v) is 13.6. The first-order valence-corrected chi connectivity index (χ1v) is 8.33. The monoisotopic (exact) mass is 327 g/mol. The SMILES string of the molecule is c1ccc(N2CCN(c3cnnc(N4CCOCC4)n3)CC2)nc1. The fourth-order valence-corrected chi connectivity index (χ4v) is 3.04. The summed E-state index contributed by atoms with van der Waals surface area (Å²) in [6.07, 6.45) is 3.59. The molecule has 0 saturated carbocycles. The van der Waals surface area contributed by atoms with Crippen LogP contribution in [0.5, 0.6) is 0 Å². The van der Waals surface area contributed by atoms with Crippen LogP contribution in [-0.4, -0.2) is 72.6 Å². The van der Waals surface area contributed by atoms with E-state index in [2.05, 4.69) is 35.9 Å². The molecule has 4 rings (SSSR count). The number of hydrogen-bond acceptors (Lipinski definition) is 8. The Balaban J connectivity index is 1.42. The van der Waals surface area contributed by atoms with E-state index in [9.17, 15) is 0 Å². The molecule has 2 aliphatic rings. The number of rotatable bonds is 3. The summed E-state index contributed by atoms with van der Waals surface area (Å²) < 4.78 is 5.38. The fraction of sp³-hybridized carbons (Fsp3) is 0.500. The summed E-state index contributed by atoms with van der Waals surface area (Å²) in [7, 11) is 0. The van der Waals surface area contributed by atoms with Crippen molar-refractivity contribution in [1.29, 1.82) is 0 Å². The molecule has 2 aromatic heterocycles. The largest absolute Gasteiger partial charge is 0.378 e. The molecule has 8 nitrogen and oxygen atoms in total. The summed E-state index contributed by atoms with van der Waals surface area (Å²) in [5.74, 6) is 2.63. The van der Waals surface area contributed by atoms with Gasteiger partial charge >= 0.3 is 0 Å². The lowest BCUT2D eigenvalue weighted by Gasteiger charge is -2.36. The highest BCUT2D eigenvalue weighted by Gasteiger charge is 2.21. The highest BCUT2D eigenvalue weighted by Crippen LogP contribution is 2.18. The Morgan fingerprint density at radius 3 is 2.29 bits per heavy atom. The number of nitrogens with zero attached hydrogens (tertiary/aromatic N) is 7. The van der Waals surface area contributed by atoms with E-state index in [4.69, 9.17) is 9.72 Å². The lowest BCUT2D eigenvalue weighted by molar-refractivity contribution is 0.122. The Morgan fingerprint density at radius 2 is 1.58 bits per heavy atom. The van der Waals surface area contributed by atoms with Crippen molar-refractivity contribution >= 4 is 17.6 Å². The normalized spacial score (nSPS) is 18.8. The summed E-state index contributed by atoms with van der Waals surface area (Å²) in [6.45, 7) is 6.72. The van der Waals surface area contributed by atoms with Crippen LogP contribution in [0.15, 0.2) is 30.6 Å². The van der Waals surface area contributed by atoms with Crippen molar-refractivity contribution in [3.63, 3.8) is 0 Å². The van der Waals surface area contributed by atoms with Gasteiger partial charge in [-0.15, -0.1) is 5.10 Å². The van der Waals surface area contributed by atoms with Crippen molar-refractivity contribution < 1.29 is 4.74 Å². The lowest BCUT2D eigenvalue weighted by atomic mass is 10.3. The summed E-state index contributed by atoms with van der Waals surface area (Å²) in [4.78, 5) is 15.8. The molecule has 126 valence electrons. The van der Waals surface area contributed by atoms with Gasteiger partial charge in [0.25, 0.3) is 0 Å². The predicted octanol–water partition coefficient (Wildman–Crippen LogP) is 0.430. The van der Waals surface area contributed by atoms with Crippen LogP contribution < -0.4 is 14.7 Å². The van der Waals surface area contributed by atoms with Crippen molar-refractivity contribution in [2.24, 2.45) is 0 Å². The van der Waals surface area contributed by atoms with Gasteiger partial charge in [0, 0.05) is 45.5 Å². The Morgan fingerprint density at radius 1 is 0.833 bits per heavy atom. The molecule has 0 aliphatic carbocycles. The third kappa shape index (κ3) is 3.23. The molecular weight excluding hydrogens is 306 g/mol. The molecule has 2 saturated heterocycles. The quantitative estimate of drug-likeness (QED) is 0.804. The van der Waals surface area contributed by atoms with Gasteiger partial charge in [-0.05, 0) is 12.1 Å². The van der Waals surface area contributed by atoms with Crippen LogP contribution in [-0.2, 0) is 4.74 Å². The van der Waals surface area contributed by atoms with Crippen molar-refractivity contribution in [2.45, 2.75) is 0 Å². The van der Waals surface area contributed by atoms with E-state index >= 15 is 0 Å². The second kappa shape index (κ2) is 6.96. The maximum absolute atomic E-state index is 5.38. The molecule has 0 unspecified atom stereocenters. The van der Waals surface area contributed by atoms with Crippen molar-refractivity contribution in [3.05, 3.63) is 30.6 Å². The first-order chi connectivity index (χ1) is 11.9. The van der Waals surface area contributed by atoms with Gasteiger partial charge in [0.2, 0.25) is 5.95 Å². The maximum Gasteiger partial charge on any atom is 0.247 e. The van der Waals surface area contributed by atoms with Gasteiger partial charge < -0.3 is 19.4 Å². The summed E-state index contributed by atoms with van der Waals surface area (Å²) in [5, 5.41) is 8.33. The molecule has 0 atom stereocenters. The van der Waals surface area contributed by atoms with Gasteiger partial charge in [-0.3, -0.25) is 0 Å². The summed E-state index contributed by atoms with van der Waals surface area (Å²) >= 11 is 0. The molecule has 0 aromatic carbocycles. The highest BCUT2D eigenvalue weighted by molar-refractivity contribution is 5.45. The van der Waals surface area contributed by atoms with Crippen molar-refractivity contribution in [3.8, 4) is 0 Å². The Labute approximate surface area is 141 Å². The molecule has 2 aromatic rings. The first kappa shape index (κ1) is 15.1. The van der Waals surface area contributed by atoms with E-state index in [1.807, 2.05) is 18.3 Å². The predicted molar refractivity (Wildman–Crippen MR) is 91.5 cm³/mol. The zero-order chi connectivity index (χ0) is 16.2. The second-order valence-corrected chi connectivity index (χ2v) is 5.88. The Kier molecular flexibility index (Phi) is 4.37. The number of ether oxygens (including phenoxy) is 1. The number of pyridine rings is 1. The molecular formula is C16H21N7O. The van der Waals surface area contributed by atoms with Gasteiger partial charge in [0.05, 0.1) is 19.4 Å². The van der Waals surface area contributed by atoms with Gasteiger partial charge in [0.1, 0.15) is 5.82 Å². The molecule has 0 N–H and O–H groups in total. The number of hydrogen-bond donors (Lipinski definition) is 0. The molecule has 0 radical (unpaired) electrons. The van der Waals surface area contributed by atoms with Gasteiger partial charge in [0.15, 0.2) is 5.82 Å². The second-order valence-electron chi connectivity index (χ2n) is 5.88. The molecule has 24 heavy (non-hydrogen) atoms. The van der Waals surface area contributed by atoms with E-state index in [0.29, 0.717) is 5.95 Å². The molecule has 2 aliphatic heterocycles. The van der Waals surface area contributed by atoms with Gasteiger partial charge in [-0.2, -0.15) is 10.1 Å². The molecule has 8 heteroatoms. The lowest BCUT2D eigenvalue weighted by Crippen LogP contribution is -2.47. The van der Waals surface area contributed by atoms with Crippen molar-refractivity contribution in [2.75, 3.05) is 67.2 Å². The van der Waals surface area contributed by atoms with E-state index < -0.39 is 0 Å². The van der Waals surface area contributed by atoms with Crippen LogP contribution in [0.4, 0.5) is 17.6 Å². The minimum absolute atomic E-state index is 0.697. The van der Waals surface area contributed by atoms with Crippen LogP contribution >= 0.6 is 0 Å². The van der Waals surface area contributed by atoms with E-state index in [-0.39, 0.29) is 0 Å². The topological polar surface area (TPSA) is 70.5 Å². The molecule has 4 heterocycles. The Hall–Kier alpha value is -2.48. The molecule has 0 spiro atoms. The average Bonchev–Trinajstić information content (AvgIpc) is 2.70. The van der Waals surface area contributed by atoms with Crippen LogP contribution in [0.2, 0.25) is 0 Å². The molecule has 2 fully saturated rings. The standard InChI is InChI=1S/C16H21N7O/c1-2-4-17-14(3-1)21-5-7-22(8-6-21)15-13-18-20-16(19-15)23-9-11-24-12-10-23/h1-4,13H,5-12H2. The van der Waals surface area contributed by atoms with Gasteiger partial charge in [-0.1, -0.05) is 6.07 Å². The van der Waals surface area contributed by atoms with Crippen LogP contribution in [0.25, 0.3) is 0 Å². The smallest absolute Gasteiger partial charge is 0.247 e.